The van der Waals surface area contributed by atoms with E-state index in [1.807, 2.05) is 49.1 Å². The monoisotopic (exact) mass is 464 g/mol. The van der Waals surface area contributed by atoms with Gasteiger partial charge in [0.05, 0.1) is 19.7 Å². The summed E-state index contributed by atoms with van der Waals surface area (Å²) in [5, 5.41) is 3.74. The molecule has 2 aliphatic heterocycles. The zero-order chi connectivity index (χ0) is 24.2. The van der Waals surface area contributed by atoms with E-state index >= 15 is 0 Å². The van der Waals surface area contributed by atoms with Gasteiger partial charge in [0.25, 0.3) is 0 Å². The minimum atomic E-state index is -0.0322. The second-order valence-corrected chi connectivity index (χ2v) is 9.56. The lowest BCUT2D eigenvalue weighted by Gasteiger charge is -2.42. The van der Waals surface area contributed by atoms with Gasteiger partial charge in [0, 0.05) is 43.9 Å². The number of rotatable bonds is 7. The van der Waals surface area contributed by atoms with Crippen molar-refractivity contribution in [2.45, 2.75) is 44.3 Å². The van der Waals surface area contributed by atoms with Crippen molar-refractivity contribution in [2.24, 2.45) is 0 Å². The number of aryl methyl sites for hydroxylation is 1. The summed E-state index contributed by atoms with van der Waals surface area (Å²) in [7, 11) is 7.39. The number of nitrogens with one attached hydrogen (secondary N) is 1. The first-order valence-corrected chi connectivity index (χ1v) is 12.1. The van der Waals surface area contributed by atoms with Crippen molar-refractivity contribution >= 4 is 17.5 Å². The summed E-state index contributed by atoms with van der Waals surface area (Å²) in [6.45, 7) is 1.76. The number of anilines is 1. The third kappa shape index (κ3) is 5.10. The Kier molecular flexibility index (Phi) is 7.54. The Morgan fingerprint density at radius 1 is 1.18 bits per heavy atom. The van der Waals surface area contributed by atoms with E-state index in [0.29, 0.717) is 19.5 Å². The molecule has 2 aromatic rings. The first-order valence-electron chi connectivity index (χ1n) is 12.1. The topological polar surface area (TPSA) is 65.1 Å². The van der Waals surface area contributed by atoms with Gasteiger partial charge >= 0.3 is 0 Å². The summed E-state index contributed by atoms with van der Waals surface area (Å²) >= 11 is 0. The Hall–Kier alpha value is -2.90. The van der Waals surface area contributed by atoms with Crippen molar-refractivity contribution in [1.29, 1.82) is 0 Å². The van der Waals surface area contributed by atoms with Crippen LogP contribution < -0.4 is 15.0 Å². The first-order chi connectivity index (χ1) is 16.4. The second kappa shape index (κ2) is 10.6. The number of methoxy groups -OCH3 is 1. The molecule has 2 aromatic carbocycles. The normalized spacial score (nSPS) is 20.4. The van der Waals surface area contributed by atoms with Gasteiger partial charge in [-0.2, -0.15) is 0 Å². The van der Waals surface area contributed by atoms with Gasteiger partial charge < -0.3 is 24.8 Å². The Morgan fingerprint density at radius 2 is 1.94 bits per heavy atom. The molecule has 0 spiro atoms. The quantitative estimate of drug-likeness (QED) is 0.683. The van der Waals surface area contributed by atoms with Crippen molar-refractivity contribution in [3.63, 3.8) is 0 Å². The highest BCUT2D eigenvalue weighted by Gasteiger charge is 2.35. The maximum atomic E-state index is 13.1. The minimum absolute atomic E-state index is 0.0322. The average Bonchev–Trinajstić information content (AvgIpc) is 2.84. The van der Waals surface area contributed by atoms with E-state index in [-0.39, 0.29) is 23.9 Å². The number of benzene rings is 2. The molecule has 0 radical (unpaired) electrons. The van der Waals surface area contributed by atoms with E-state index in [9.17, 15) is 9.59 Å². The number of nitrogens with zero attached hydrogens (tertiary/aromatic N) is 3. The number of amides is 2. The van der Waals surface area contributed by atoms with Crippen LogP contribution in [0.2, 0.25) is 0 Å². The van der Waals surface area contributed by atoms with Crippen LogP contribution in [0.15, 0.2) is 42.5 Å². The van der Waals surface area contributed by atoms with Gasteiger partial charge in [-0.1, -0.05) is 30.3 Å². The molecule has 0 saturated carbocycles. The number of carbonyl (C=O) groups excluding carboxylic acids is 2. The fourth-order valence-corrected chi connectivity index (χ4v) is 5.19. The third-order valence-electron chi connectivity index (χ3n) is 6.92. The standard InChI is InChI=1S/C27H36N4O3/c1-29(2)18-26(33)31-14-8-11-22(27(31)19-9-6-5-7-10-19)28-17-21-15-23-20(16-24(21)34-4)12-13-25(32)30(23)3/h5-7,9-10,15-16,22,27-28H,8,11-14,17-18H2,1-4H3/t22?,27-/m0/s1. The van der Waals surface area contributed by atoms with Gasteiger partial charge in [-0.25, -0.2) is 0 Å². The number of hydrogen-bond donors (Lipinski definition) is 1. The van der Waals surface area contributed by atoms with Crippen LogP contribution in [0.1, 0.15) is 42.0 Å². The molecule has 1 N–H and O–H groups in total. The molecule has 2 aliphatic rings. The molecule has 7 heteroatoms. The summed E-state index contributed by atoms with van der Waals surface area (Å²) in [4.78, 5) is 31.1. The smallest absolute Gasteiger partial charge is 0.237 e. The second-order valence-electron chi connectivity index (χ2n) is 9.56. The van der Waals surface area contributed by atoms with E-state index < -0.39 is 0 Å². The summed E-state index contributed by atoms with van der Waals surface area (Å²) < 4.78 is 5.71. The zero-order valence-electron chi connectivity index (χ0n) is 20.7. The molecule has 0 bridgehead atoms. The number of ether oxygens (including phenoxy) is 1. The maximum Gasteiger partial charge on any atom is 0.237 e. The molecule has 2 heterocycles. The SMILES string of the molecule is COc1cc2c(cc1CNC1CCCN(C(=O)CN(C)C)[C@H]1c1ccccc1)N(C)C(=O)CC2. The van der Waals surface area contributed by atoms with Crippen LogP contribution in [-0.4, -0.2) is 69.0 Å². The molecular formula is C27H36N4O3. The number of likely N-dealkylation sites (tertiary alicyclic amines) is 1. The van der Waals surface area contributed by atoms with E-state index in [1.54, 1.807) is 12.0 Å². The lowest BCUT2D eigenvalue weighted by atomic mass is 9.89. The van der Waals surface area contributed by atoms with Gasteiger partial charge in [0.1, 0.15) is 5.75 Å². The lowest BCUT2D eigenvalue weighted by molar-refractivity contribution is -0.136. The number of carbonyl (C=O) groups is 2. The van der Waals surface area contributed by atoms with E-state index in [1.165, 1.54) is 0 Å². The van der Waals surface area contributed by atoms with Crippen molar-refractivity contribution in [1.82, 2.24) is 15.1 Å². The summed E-state index contributed by atoms with van der Waals surface area (Å²) in [6.07, 6.45) is 3.21. The van der Waals surface area contributed by atoms with Crippen molar-refractivity contribution in [3.05, 3.63) is 59.2 Å². The van der Waals surface area contributed by atoms with Crippen LogP contribution >= 0.6 is 0 Å². The highest BCUT2D eigenvalue weighted by molar-refractivity contribution is 5.96. The van der Waals surface area contributed by atoms with Gasteiger partial charge in [-0.3, -0.25) is 9.59 Å². The maximum absolute atomic E-state index is 13.1. The molecule has 7 nitrogen and oxygen atoms in total. The molecular weight excluding hydrogens is 428 g/mol. The molecule has 2 amide bonds. The molecule has 0 aromatic heterocycles. The fraction of sp³-hybridized carbons (Fsp3) is 0.481. The van der Waals surface area contributed by atoms with Crippen molar-refractivity contribution in [2.75, 3.05) is 46.2 Å². The van der Waals surface area contributed by atoms with Gasteiger partial charge in [0.15, 0.2) is 0 Å². The van der Waals surface area contributed by atoms with E-state index in [4.69, 9.17) is 4.74 Å². The fourth-order valence-electron chi connectivity index (χ4n) is 5.19. The van der Waals surface area contributed by atoms with E-state index in [0.717, 1.165) is 53.9 Å². The number of fused-ring (bicyclic) bond motifs is 1. The van der Waals surface area contributed by atoms with Crippen LogP contribution in [-0.2, 0) is 22.6 Å². The number of hydrogen-bond acceptors (Lipinski definition) is 5. The van der Waals surface area contributed by atoms with E-state index in [2.05, 4.69) is 29.6 Å². The van der Waals surface area contributed by atoms with Gasteiger partial charge in [-0.05, 0) is 56.6 Å². The first kappa shape index (κ1) is 24.2. The summed E-state index contributed by atoms with van der Waals surface area (Å²) in [5.74, 6) is 1.13. The minimum Gasteiger partial charge on any atom is -0.496 e. The predicted octanol–water partition coefficient (Wildman–Crippen LogP) is 2.99. The molecule has 1 saturated heterocycles. The van der Waals surface area contributed by atoms with Crippen molar-refractivity contribution in [3.8, 4) is 5.75 Å². The van der Waals surface area contributed by atoms with Crippen LogP contribution in [0.3, 0.4) is 0 Å². The highest BCUT2D eigenvalue weighted by Crippen LogP contribution is 2.35. The zero-order valence-corrected chi connectivity index (χ0v) is 20.7. The number of likely N-dealkylation sites (N-methyl/N-ethyl adjacent to an activating group) is 1. The molecule has 182 valence electrons. The van der Waals surface area contributed by atoms with Gasteiger partial charge in [0.2, 0.25) is 11.8 Å². The number of piperidine rings is 1. The van der Waals surface area contributed by atoms with Crippen molar-refractivity contribution < 1.29 is 14.3 Å². The lowest BCUT2D eigenvalue weighted by Crippen LogP contribution is -2.52. The summed E-state index contributed by atoms with van der Waals surface area (Å²) in [5.41, 5.74) is 4.27. The molecule has 1 fully saturated rings. The molecule has 1 unspecified atom stereocenters. The third-order valence-corrected chi connectivity index (χ3v) is 6.92. The Morgan fingerprint density at radius 3 is 2.65 bits per heavy atom. The average molecular weight is 465 g/mol. The molecule has 4 rings (SSSR count). The summed E-state index contributed by atoms with van der Waals surface area (Å²) in [6, 6.07) is 14.5. The Bertz CT molecular complexity index is 1020. The van der Waals surface area contributed by atoms with Gasteiger partial charge in [-0.15, -0.1) is 0 Å². The van der Waals surface area contributed by atoms with Crippen LogP contribution in [0.4, 0.5) is 5.69 Å². The molecule has 2 atom stereocenters. The van der Waals surface area contributed by atoms with Crippen LogP contribution in [0.25, 0.3) is 0 Å². The Balaban J connectivity index is 1.59. The highest BCUT2D eigenvalue weighted by atomic mass is 16.5. The predicted molar refractivity (Wildman–Crippen MR) is 134 cm³/mol. The van der Waals surface area contributed by atoms with Crippen LogP contribution in [0.5, 0.6) is 5.75 Å². The largest absolute Gasteiger partial charge is 0.496 e. The molecule has 0 aliphatic carbocycles. The molecule has 34 heavy (non-hydrogen) atoms. The Labute approximate surface area is 202 Å². The van der Waals surface area contributed by atoms with Crippen LogP contribution in [0, 0.1) is 0 Å².